The van der Waals surface area contributed by atoms with Gasteiger partial charge in [-0.25, -0.2) is 4.79 Å². The molecule has 0 aliphatic rings. The van der Waals surface area contributed by atoms with E-state index in [1.54, 1.807) is 18.4 Å². The van der Waals surface area contributed by atoms with Gasteiger partial charge in [0.1, 0.15) is 12.1 Å². The maximum atomic E-state index is 11.5. The van der Waals surface area contributed by atoms with Gasteiger partial charge in [0.2, 0.25) is 5.91 Å². The minimum absolute atomic E-state index is 0.0322. The molecule has 0 bridgehead atoms. The molecule has 0 aromatic carbocycles. The first-order valence-corrected chi connectivity index (χ1v) is 6.66. The zero-order chi connectivity index (χ0) is 14.8. The molecule has 0 fully saturated rings. The molecule has 0 spiro atoms. The van der Waals surface area contributed by atoms with Gasteiger partial charge in [-0.3, -0.25) is 9.59 Å². The third kappa shape index (κ3) is 8.22. The van der Waals surface area contributed by atoms with Crippen molar-refractivity contribution >= 4 is 29.6 Å². The highest BCUT2D eigenvalue weighted by atomic mass is 32.2. The lowest BCUT2D eigenvalue weighted by Gasteiger charge is -2.13. The number of carboxylic acid groups (broad SMARTS) is 2. The molecule has 0 aliphatic carbocycles. The Morgan fingerprint density at radius 1 is 1.32 bits per heavy atom. The number of carbonyl (C=O) groups excluding carboxylic acids is 1. The molecule has 1 amide bonds. The fourth-order valence-electron chi connectivity index (χ4n) is 1.10. The number of carbonyl (C=O) groups is 3. The summed E-state index contributed by atoms with van der Waals surface area (Å²) >= 11 is 1.27. The van der Waals surface area contributed by atoms with E-state index < -0.39 is 29.9 Å². The highest BCUT2D eigenvalue weighted by Gasteiger charge is 2.20. The van der Waals surface area contributed by atoms with Crippen molar-refractivity contribution in [1.29, 1.82) is 0 Å². The number of nitrogens with two attached hydrogens (primary N) is 1. The van der Waals surface area contributed by atoms with Crippen LogP contribution in [-0.4, -0.2) is 45.9 Å². The topological polar surface area (TPSA) is 130 Å². The van der Waals surface area contributed by atoms with E-state index >= 15 is 0 Å². The lowest BCUT2D eigenvalue weighted by molar-refractivity contribution is -0.141. The second-order valence-electron chi connectivity index (χ2n) is 3.74. The van der Waals surface area contributed by atoms with Crippen molar-refractivity contribution in [3.05, 3.63) is 11.5 Å². The molecule has 7 nitrogen and oxygen atoms in total. The van der Waals surface area contributed by atoms with Crippen LogP contribution in [0.15, 0.2) is 11.5 Å². The van der Waals surface area contributed by atoms with Crippen molar-refractivity contribution in [3.63, 3.8) is 0 Å². The van der Waals surface area contributed by atoms with Gasteiger partial charge in [0.25, 0.3) is 0 Å². The molecule has 0 aliphatic heterocycles. The predicted octanol–water partition coefficient (Wildman–Crippen LogP) is 0.0147. The molecule has 19 heavy (non-hydrogen) atoms. The first-order valence-electron chi connectivity index (χ1n) is 5.61. The summed E-state index contributed by atoms with van der Waals surface area (Å²) in [6.07, 6.45) is 1.61. The first-order chi connectivity index (χ1) is 8.88. The van der Waals surface area contributed by atoms with Crippen molar-refractivity contribution in [3.8, 4) is 0 Å². The molecular formula is C11H18N2O5S. The van der Waals surface area contributed by atoms with Gasteiger partial charge < -0.3 is 21.3 Å². The molecule has 108 valence electrons. The van der Waals surface area contributed by atoms with Gasteiger partial charge in [-0.15, -0.1) is 11.8 Å². The number of nitrogens with one attached hydrogen (secondary N) is 1. The summed E-state index contributed by atoms with van der Waals surface area (Å²) in [5.41, 5.74) is 5.24. The Bertz CT molecular complexity index is 359. The maximum Gasteiger partial charge on any atom is 0.327 e. The number of amides is 1. The van der Waals surface area contributed by atoms with Crippen LogP contribution in [-0.2, 0) is 14.4 Å². The zero-order valence-electron chi connectivity index (χ0n) is 10.5. The normalized spacial score (nSPS) is 14.0. The molecule has 0 saturated carbocycles. The van der Waals surface area contributed by atoms with Crippen LogP contribution in [0.3, 0.4) is 0 Å². The van der Waals surface area contributed by atoms with Gasteiger partial charge in [-0.1, -0.05) is 6.08 Å². The molecule has 0 radical (unpaired) electrons. The minimum Gasteiger partial charge on any atom is -0.480 e. The second-order valence-corrected chi connectivity index (χ2v) is 4.68. The SMILES string of the molecule is CC=CSC[C@H](NC(=O)CC[C@H](N)C(=O)O)C(=O)O. The summed E-state index contributed by atoms with van der Waals surface area (Å²) in [7, 11) is 0. The molecule has 0 heterocycles. The van der Waals surface area contributed by atoms with Crippen molar-refractivity contribution in [2.75, 3.05) is 5.75 Å². The number of rotatable bonds is 9. The van der Waals surface area contributed by atoms with E-state index in [9.17, 15) is 14.4 Å². The van der Waals surface area contributed by atoms with E-state index in [1.807, 2.05) is 0 Å². The van der Waals surface area contributed by atoms with Crippen LogP contribution in [0.5, 0.6) is 0 Å². The van der Waals surface area contributed by atoms with E-state index in [2.05, 4.69) is 5.32 Å². The Hall–Kier alpha value is -1.54. The highest BCUT2D eigenvalue weighted by Crippen LogP contribution is 2.05. The van der Waals surface area contributed by atoms with Gasteiger partial charge >= 0.3 is 11.9 Å². The molecule has 0 saturated heterocycles. The molecule has 2 atom stereocenters. The largest absolute Gasteiger partial charge is 0.480 e. The number of hydrogen-bond acceptors (Lipinski definition) is 5. The Morgan fingerprint density at radius 3 is 2.42 bits per heavy atom. The summed E-state index contributed by atoms with van der Waals surface area (Å²) in [5, 5.41) is 21.5. The number of carboxylic acids is 2. The predicted molar refractivity (Wildman–Crippen MR) is 71.7 cm³/mol. The summed E-state index contributed by atoms with van der Waals surface area (Å²) in [5.74, 6) is -2.64. The Labute approximate surface area is 115 Å². The van der Waals surface area contributed by atoms with Gasteiger partial charge in [-0.05, 0) is 18.8 Å². The van der Waals surface area contributed by atoms with Crippen LogP contribution in [0.4, 0.5) is 0 Å². The molecule has 8 heteroatoms. The number of hydrogen-bond donors (Lipinski definition) is 4. The van der Waals surface area contributed by atoms with Crippen molar-refractivity contribution in [1.82, 2.24) is 5.32 Å². The second kappa shape index (κ2) is 9.40. The third-order valence-corrected chi connectivity index (χ3v) is 3.12. The Morgan fingerprint density at radius 2 is 1.95 bits per heavy atom. The molecular weight excluding hydrogens is 272 g/mol. The first kappa shape index (κ1) is 17.5. The minimum atomic E-state index is -1.19. The van der Waals surface area contributed by atoms with E-state index in [-0.39, 0.29) is 18.6 Å². The number of thioether (sulfide) groups is 1. The van der Waals surface area contributed by atoms with E-state index in [4.69, 9.17) is 15.9 Å². The smallest absolute Gasteiger partial charge is 0.327 e. The van der Waals surface area contributed by atoms with E-state index in [0.717, 1.165) is 0 Å². The van der Waals surface area contributed by atoms with Crippen LogP contribution in [0, 0.1) is 0 Å². The summed E-state index contributed by atoms with van der Waals surface area (Å²) < 4.78 is 0. The van der Waals surface area contributed by atoms with E-state index in [0.29, 0.717) is 0 Å². The van der Waals surface area contributed by atoms with Crippen LogP contribution >= 0.6 is 11.8 Å². The van der Waals surface area contributed by atoms with Gasteiger partial charge in [-0.2, -0.15) is 0 Å². The number of aliphatic carboxylic acids is 2. The average molecular weight is 290 g/mol. The molecule has 0 aromatic heterocycles. The molecule has 0 rings (SSSR count). The molecule has 5 N–H and O–H groups in total. The van der Waals surface area contributed by atoms with Crippen LogP contribution in [0.25, 0.3) is 0 Å². The van der Waals surface area contributed by atoms with Gasteiger partial charge in [0.05, 0.1) is 0 Å². The zero-order valence-corrected chi connectivity index (χ0v) is 11.4. The standard InChI is InChI=1S/C11H18N2O5S/c1-2-5-19-6-8(11(17)18)13-9(14)4-3-7(12)10(15)16/h2,5,7-8H,3-4,6,12H2,1H3,(H,13,14)(H,15,16)(H,17,18)/t7-,8-/m0/s1. The van der Waals surface area contributed by atoms with Crippen molar-refractivity contribution in [2.24, 2.45) is 5.73 Å². The maximum absolute atomic E-state index is 11.5. The van der Waals surface area contributed by atoms with Crippen LogP contribution in [0.1, 0.15) is 19.8 Å². The summed E-state index contributed by atoms with van der Waals surface area (Å²) in [6.45, 7) is 1.80. The molecule has 0 aromatic rings. The lowest BCUT2D eigenvalue weighted by Crippen LogP contribution is -2.43. The fraction of sp³-hybridized carbons (Fsp3) is 0.545. The van der Waals surface area contributed by atoms with Crippen LogP contribution < -0.4 is 11.1 Å². The van der Waals surface area contributed by atoms with Gasteiger partial charge in [0.15, 0.2) is 0 Å². The molecule has 0 unspecified atom stereocenters. The van der Waals surface area contributed by atoms with Crippen molar-refractivity contribution < 1.29 is 24.6 Å². The number of allylic oxidation sites excluding steroid dienone is 1. The average Bonchev–Trinajstić information content (AvgIpc) is 2.34. The monoisotopic (exact) mass is 290 g/mol. The van der Waals surface area contributed by atoms with E-state index in [1.165, 1.54) is 11.8 Å². The van der Waals surface area contributed by atoms with Crippen molar-refractivity contribution in [2.45, 2.75) is 31.8 Å². The fourth-order valence-corrected chi connectivity index (χ4v) is 1.82. The quantitative estimate of drug-likeness (QED) is 0.470. The van der Waals surface area contributed by atoms with Gasteiger partial charge in [0, 0.05) is 12.2 Å². The summed E-state index contributed by atoms with van der Waals surface area (Å²) in [6, 6.07) is -2.12. The Balaban J connectivity index is 4.17. The van der Waals surface area contributed by atoms with Crippen LogP contribution in [0.2, 0.25) is 0 Å². The Kier molecular flexibility index (Phi) is 8.64. The summed E-state index contributed by atoms with van der Waals surface area (Å²) in [4.78, 5) is 32.8. The highest BCUT2D eigenvalue weighted by molar-refractivity contribution is 8.02. The third-order valence-electron chi connectivity index (χ3n) is 2.13. The lowest BCUT2D eigenvalue weighted by atomic mass is 10.1.